The van der Waals surface area contributed by atoms with Crippen molar-refractivity contribution < 1.29 is 9.15 Å². The fourth-order valence-corrected chi connectivity index (χ4v) is 9.23. The second-order valence-electron chi connectivity index (χ2n) is 15.1. The fourth-order valence-electron chi connectivity index (χ4n) is 9.23. The van der Waals surface area contributed by atoms with Crippen molar-refractivity contribution >= 4 is 71.2 Å². The van der Waals surface area contributed by atoms with Gasteiger partial charge in [0.15, 0.2) is 0 Å². The topological polar surface area (TPSA) is 32.2 Å². The Morgan fingerprint density at radius 3 is 1.87 bits per heavy atom. The van der Waals surface area contributed by atoms with E-state index in [0.717, 1.165) is 38.9 Å². The molecule has 0 amide bonds. The minimum atomic E-state index is -0.0298. The summed E-state index contributed by atoms with van der Waals surface area (Å²) < 4.78 is 17.7. The molecule has 1 aliphatic heterocycles. The molecule has 4 heteroatoms. The molecule has 0 spiro atoms. The zero-order valence-corrected chi connectivity index (χ0v) is 29.9. The smallest absolute Gasteiger partial charge is 0.135 e. The molecule has 0 fully saturated rings. The summed E-state index contributed by atoms with van der Waals surface area (Å²) in [6.45, 7) is 4.32. The van der Waals surface area contributed by atoms with E-state index in [2.05, 4.69) is 181 Å². The predicted octanol–water partition coefficient (Wildman–Crippen LogP) is 13.0. The average Bonchev–Trinajstić information content (AvgIpc) is 3.94. The van der Waals surface area contributed by atoms with Crippen LogP contribution in [-0.4, -0.2) is 15.2 Å². The number of aromatic nitrogens is 2. The van der Waals surface area contributed by atoms with Crippen molar-refractivity contribution in [3.8, 4) is 22.6 Å². The first-order chi connectivity index (χ1) is 26.6. The molecule has 0 bridgehead atoms. The van der Waals surface area contributed by atoms with E-state index in [4.69, 9.17) is 9.15 Å². The van der Waals surface area contributed by atoms with Crippen LogP contribution in [0.1, 0.15) is 22.6 Å². The third kappa shape index (κ3) is 4.19. The molecular formula is C50H34N2O2. The van der Waals surface area contributed by atoms with Crippen LogP contribution in [0.25, 0.3) is 88.1 Å². The van der Waals surface area contributed by atoms with Crippen LogP contribution in [0.3, 0.4) is 0 Å². The molecule has 12 rings (SSSR count). The lowest BCUT2D eigenvalue weighted by atomic mass is 9.89. The van der Waals surface area contributed by atoms with Crippen LogP contribution in [0.4, 0.5) is 0 Å². The van der Waals surface area contributed by atoms with Gasteiger partial charge in [-0.1, -0.05) is 71.8 Å². The maximum absolute atomic E-state index is 6.53. The lowest BCUT2D eigenvalue weighted by Gasteiger charge is -2.20. The first-order valence-corrected chi connectivity index (χ1v) is 18.7. The molecule has 256 valence electrons. The van der Waals surface area contributed by atoms with E-state index < -0.39 is 0 Å². The van der Waals surface area contributed by atoms with Gasteiger partial charge in [-0.3, -0.25) is 0 Å². The Hall–Kier alpha value is -6.78. The Balaban J connectivity index is 0.965. The van der Waals surface area contributed by atoms with Crippen molar-refractivity contribution in [1.29, 1.82) is 0 Å². The van der Waals surface area contributed by atoms with Crippen molar-refractivity contribution in [2.24, 2.45) is 0 Å². The lowest BCUT2D eigenvalue weighted by molar-refractivity contribution is 0.269. The molecule has 54 heavy (non-hydrogen) atoms. The first-order valence-electron chi connectivity index (χ1n) is 18.7. The number of aryl methyl sites for hydroxylation is 2. The summed E-state index contributed by atoms with van der Waals surface area (Å²) in [5, 5.41) is 7.31. The Kier molecular flexibility index (Phi) is 5.99. The Morgan fingerprint density at radius 2 is 1.11 bits per heavy atom. The quantitative estimate of drug-likeness (QED) is 0.184. The van der Waals surface area contributed by atoms with Gasteiger partial charge in [0.1, 0.15) is 23.0 Å². The number of ether oxygens (including phenoxy) is 1. The normalized spacial score (nSPS) is 16.5. The molecule has 4 heterocycles. The van der Waals surface area contributed by atoms with Gasteiger partial charge in [0.2, 0.25) is 0 Å². The molecule has 7 aromatic carbocycles. The van der Waals surface area contributed by atoms with Gasteiger partial charge in [0.25, 0.3) is 0 Å². The summed E-state index contributed by atoms with van der Waals surface area (Å²) >= 11 is 0. The number of hydrogen-bond acceptors (Lipinski definition) is 2. The summed E-state index contributed by atoms with van der Waals surface area (Å²) in [6.07, 6.45) is 6.83. The highest BCUT2D eigenvalue weighted by molar-refractivity contribution is 6.12. The van der Waals surface area contributed by atoms with Crippen LogP contribution in [0.15, 0.2) is 162 Å². The number of fused-ring (bicyclic) bond motifs is 12. The maximum Gasteiger partial charge on any atom is 0.135 e. The van der Waals surface area contributed by atoms with Crippen LogP contribution in [0.5, 0.6) is 5.75 Å². The third-order valence-electron chi connectivity index (χ3n) is 11.8. The van der Waals surface area contributed by atoms with Gasteiger partial charge in [0, 0.05) is 55.2 Å². The van der Waals surface area contributed by atoms with E-state index in [0.29, 0.717) is 0 Å². The molecule has 2 unspecified atom stereocenters. The zero-order chi connectivity index (χ0) is 35.7. The number of para-hydroxylation sites is 2. The predicted molar refractivity (Wildman–Crippen MR) is 223 cm³/mol. The summed E-state index contributed by atoms with van der Waals surface area (Å²) in [4.78, 5) is 0. The molecule has 10 aromatic rings. The molecular weight excluding hydrogens is 661 g/mol. The summed E-state index contributed by atoms with van der Waals surface area (Å²) in [6, 6.07) is 50.7. The monoisotopic (exact) mass is 694 g/mol. The van der Waals surface area contributed by atoms with Crippen LogP contribution >= 0.6 is 0 Å². The van der Waals surface area contributed by atoms with Crippen LogP contribution in [0, 0.1) is 13.8 Å². The molecule has 3 aromatic heterocycles. The van der Waals surface area contributed by atoms with Gasteiger partial charge in [-0.2, -0.15) is 0 Å². The van der Waals surface area contributed by atoms with Crippen LogP contribution < -0.4 is 4.74 Å². The van der Waals surface area contributed by atoms with E-state index in [1.165, 1.54) is 71.6 Å². The molecule has 0 N–H and O–H groups in total. The fraction of sp³-hybridized carbons (Fsp3) is 0.0800. The average molecular weight is 695 g/mol. The number of benzene rings is 7. The second-order valence-corrected chi connectivity index (χ2v) is 15.1. The number of hydrogen-bond donors (Lipinski definition) is 0. The molecule has 0 saturated heterocycles. The Bertz CT molecular complexity index is 3290. The van der Waals surface area contributed by atoms with Crippen molar-refractivity contribution in [2.45, 2.75) is 25.9 Å². The number of rotatable bonds is 3. The highest BCUT2D eigenvalue weighted by Gasteiger charge is 2.34. The minimum Gasteiger partial charge on any atom is -0.485 e. The van der Waals surface area contributed by atoms with Crippen molar-refractivity contribution in [3.05, 3.63) is 174 Å². The van der Waals surface area contributed by atoms with Crippen LogP contribution in [-0.2, 0) is 0 Å². The molecule has 1 aliphatic carbocycles. The molecule has 0 radical (unpaired) electrons. The van der Waals surface area contributed by atoms with Gasteiger partial charge in [0.05, 0.1) is 22.1 Å². The highest BCUT2D eigenvalue weighted by atomic mass is 16.5. The van der Waals surface area contributed by atoms with E-state index in [-0.39, 0.29) is 12.0 Å². The van der Waals surface area contributed by atoms with Crippen molar-refractivity contribution in [1.82, 2.24) is 9.13 Å². The zero-order valence-electron chi connectivity index (χ0n) is 29.9. The lowest BCUT2D eigenvalue weighted by Crippen LogP contribution is -2.18. The van der Waals surface area contributed by atoms with E-state index in [1.54, 1.807) is 0 Å². The maximum atomic E-state index is 6.53. The standard InChI is InChI=1S/C50H34N2O2/c1-29-11-17-45-37(23-29)35-7-3-5-9-43(35)51(45)33-15-21-49-41(27-33)39-25-31(13-19-47(39)53-49)32-14-20-48-40(26-32)42-28-34(16-22-50(42)54-48)52-44-10-6-4-8-36(44)38-24-30(2)12-18-46(38)52/h3-28,41,49H,1-2H3. The SMILES string of the molecule is Cc1ccc2c(c1)c1ccccc1n2C1=CC2c3cc(-c4ccc5oc6ccc(-n7c8ccccc8c8cc(C)ccc87)cc6c5c4)ccc3OC2C=C1. The number of allylic oxidation sites excluding steroid dienone is 2. The van der Waals surface area contributed by atoms with Gasteiger partial charge >= 0.3 is 0 Å². The van der Waals surface area contributed by atoms with E-state index >= 15 is 0 Å². The highest BCUT2D eigenvalue weighted by Crippen LogP contribution is 2.46. The molecule has 2 atom stereocenters. The summed E-state index contributed by atoms with van der Waals surface area (Å²) in [5.41, 5.74) is 15.0. The van der Waals surface area contributed by atoms with E-state index in [1.807, 2.05) is 0 Å². The summed E-state index contributed by atoms with van der Waals surface area (Å²) in [7, 11) is 0. The first kappa shape index (κ1) is 29.8. The molecule has 4 nitrogen and oxygen atoms in total. The van der Waals surface area contributed by atoms with Gasteiger partial charge in [-0.15, -0.1) is 0 Å². The molecule has 0 saturated carbocycles. The van der Waals surface area contributed by atoms with Gasteiger partial charge in [-0.05, 0) is 122 Å². The summed E-state index contributed by atoms with van der Waals surface area (Å²) in [5.74, 6) is 1.06. The van der Waals surface area contributed by atoms with Crippen molar-refractivity contribution in [2.75, 3.05) is 0 Å². The van der Waals surface area contributed by atoms with E-state index in [9.17, 15) is 0 Å². The number of furan rings is 1. The van der Waals surface area contributed by atoms with Gasteiger partial charge in [-0.25, -0.2) is 0 Å². The Morgan fingerprint density at radius 1 is 0.500 bits per heavy atom. The third-order valence-corrected chi connectivity index (χ3v) is 11.8. The Labute approximate surface area is 311 Å². The largest absolute Gasteiger partial charge is 0.485 e. The number of nitrogens with zero attached hydrogens (tertiary/aromatic N) is 2. The second kappa shape index (κ2) is 10.9. The molecule has 2 aliphatic rings. The minimum absolute atomic E-state index is 0.0298. The van der Waals surface area contributed by atoms with Gasteiger partial charge < -0.3 is 18.3 Å². The van der Waals surface area contributed by atoms with Crippen molar-refractivity contribution in [3.63, 3.8) is 0 Å². The van der Waals surface area contributed by atoms with Crippen LogP contribution in [0.2, 0.25) is 0 Å².